The van der Waals surface area contributed by atoms with E-state index in [1.807, 2.05) is 41.8 Å². The molecule has 2 aromatic heterocycles. The lowest BCUT2D eigenvalue weighted by Crippen LogP contribution is -2.43. The summed E-state index contributed by atoms with van der Waals surface area (Å²) in [6.07, 6.45) is 3.53. The van der Waals surface area contributed by atoms with Crippen molar-refractivity contribution in [3.05, 3.63) is 99.4 Å². The minimum atomic E-state index is -0.643. The Morgan fingerprint density at radius 2 is 1.74 bits per heavy atom. The standard InChI is InChI=1S/C27H21N3O4S/c31-23(29-30-26(32)17-7-2-1-3-8-17)16-34-27(33)24-20-10-4-5-11-22(20)28-25-18(12-13-21(24)25)15-19-9-6-14-35-19/h1-11,14-15H,12-13,16H2,(H,29,31)(H,30,32). The van der Waals surface area contributed by atoms with Gasteiger partial charge in [-0.25, -0.2) is 9.78 Å². The number of hydrogen-bond donors (Lipinski definition) is 2. The van der Waals surface area contributed by atoms with E-state index in [1.165, 1.54) is 0 Å². The number of hydrogen-bond acceptors (Lipinski definition) is 6. The molecule has 5 rings (SSSR count). The molecule has 0 spiro atoms. The Balaban J connectivity index is 1.33. The molecular formula is C27H21N3O4S. The molecule has 35 heavy (non-hydrogen) atoms. The van der Waals surface area contributed by atoms with Crippen LogP contribution in [0, 0.1) is 0 Å². The number of esters is 1. The third-order valence-electron chi connectivity index (χ3n) is 5.69. The molecule has 0 radical (unpaired) electrons. The molecule has 7 nitrogen and oxygen atoms in total. The molecule has 0 bridgehead atoms. The van der Waals surface area contributed by atoms with Crippen molar-refractivity contribution in [2.24, 2.45) is 0 Å². The van der Waals surface area contributed by atoms with Gasteiger partial charge in [0, 0.05) is 15.8 Å². The second-order valence-electron chi connectivity index (χ2n) is 7.96. The number of ether oxygens (including phenoxy) is 1. The van der Waals surface area contributed by atoms with Gasteiger partial charge < -0.3 is 4.74 Å². The van der Waals surface area contributed by atoms with Crippen LogP contribution in [0.25, 0.3) is 22.6 Å². The van der Waals surface area contributed by atoms with Crippen LogP contribution in [0.5, 0.6) is 0 Å². The fourth-order valence-electron chi connectivity index (χ4n) is 4.08. The maximum absolute atomic E-state index is 13.2. The highest BCUT2D eigenvalue weighted by Gasteiger charge is 2.28. The zero-order chi connectivity index (χ0) is 24.2. The minimum Gasteiger partial charge on any atom is -0.452 e. The molecule has 0 unspecified atom stereocenters. The van der Waals surface area contributed by atoms with Gasteiger partial charge in [-0.05, 0) is 59.7 Å². The van der Waals surface area contributed by atoms with E-state index in [-0.39, 0.29) is 0 Å². The maximum atomic E-state index is 13.2. The van der Waals surface area contributed by atoms with Crippen molar-refractivity contribution in [1.29, 1.82) is 0 Å². The van der Waals surface area contributed by atoms with Crippen LogP contribution in [-0.4, -0.2) is 29.4 Å². The lowest BCUT2D eigenvalue weighted by atomic mass is 10.0. The fourth-order valence-corrected chi connectivity index (χ4v) is 4.77. The van der Waals surface area contributed by atoms with Crippen molar-refractivity contribution in [3.8, 4) is 0 Å². The monoisotopic (exact) mass is 483 g/mol. The Morgan fingerprint density at radius 3 is 2.54 bits per heavy atom. The summed E-state index contributed by atoms with van der Waals surface area (Å²) < 4.78 is 5.35. The molecule has 1 aliphatic carbocycles. The second kappa shape index (κ2) is 9.90. The highest BCUT2D eigenvalue weighted by Crippen LogP contribution is 2.38. The van der Waals surface area contributed by atoms with Crippen molar-refractivity contribution >= 4 is 51.7 Å². The van der Waals surface area contributed by atoms with Gasteiger partial charge in [-0.1, -0.05) is 42.5 Å². The Morgan fingerprint density at radius 1 is 0.943 bits per heavy atom. The molecule has 2 N–H and O–H groups in total. The van der Waals surface area contributed by atoms with Crippen molar-refractivity contribution in [2.75, 3.05) is 6.61 Å². The summed E-state index contributed by atoms with van der Waals surface area (Å²) in [5.74, 6) is -1.70. The van der Waals surface area contributed by atoms with E-state index in [0.717, 1.165) is 28.1 Å². The average molecular weight is 484 g/mol. The quantitative estimate of drug-likeness (QED) is 0.324. The second-order valence-corrected chi connectivity index (χ2v) is 8.94. The number of hydrazine groups is 1. The van der Waals surface area contributed by atoms with Gasteiger partial charge in [0.05, 0.1) is 16.8 Å². The van der Waals surface area contributed by atoms with Crippen LogP contribution >= 0.6 is 11.3 Å². The molecule has 2 amide bonds. The molecule has 4 aromatic rings. The van der Waals surface area contributed by atoms with Crippen molar-refractivity contribution < 1.29 is 19.1 Å². The Hall–Kier alpha value is -4.30. The van der Waals surface area contributed by atoms with Gasteiger partial charge in [-0.2, -0.15) is 0 Å². The highest BCUT2D eigenvalue weighted by molar-refractivity contribution is 7.10. The first-order valence-electron chi connectivity index (χ1n) is 11.1. The van der Waals surface area contributed by atoms with Crippen LogP contribution in [0.4, 0.5) is 0 Å². The molecule has 2 aromatic carbocycles. The molecule has 174 valence electrons. The van der Waals surface area contributed by atoms with E-state index in [0.29, 0.717) is 28.5 Å². The number of nitrogens with one attached hydrogen (secondary N) is 2. The normalized spacial score (nSPS) is 13.4. The molecule has 0 saturated heterocycles. The predicted octanol–water partition coefficient (Wildman–Crippen LogP) is 4.40. The molecule has 0 fully saturated rings. The SMILES string of the molecule is O=C(COC(=O)c1c2c(nc3ccccc13)C(=Cc1cccs1)CC2)NNC(=O)c1ccccc1. The van der Waals surface area contributed by atoms with Gasteiger partial charge in [0.2, 0.25) is 0 Å². The first kappa shape index (κ1) is 22.5. The first-order chi connectivity index (χ1) is 17.1. The number of carbonyl (C=O) groups is 3. The maximum Gasteiger partial charge on any atom is 0.339 e. The highest BCUT2D eigenvalue weighted by atomic mass is 32.1. The van der Waals surface area contributed by atoms with Gasteiger partial charge in [0.25, 0.3) is 11.8 Å². The molecule has 0 atom stereocenters. The summed E-state index contributed by atoms with van der Waals surface area (Å²) in [6.45, 7) is -0.531. The van der Waals surface area contributed by atoms with Crippen molar-refractivity contribution in [1.82, 2.24) is 15.8 Å². The van der Waals surface area contributed by atoms with Crippen LogP contribution < -0.4 is 10.9 Å². The number of carbonyl (C=O) groups excluding carboxylic acids is 3. The van der Waals surface area contributed by atoms with Crippen LogP contribution in [0.3, 0.4) is 0 Å². The summed E-state index contributed by atoms with van der Waals surface area (Å²) in [5, 5.41) is 2.71. The largest absolute Gasteiger partial charge is 0.452 e. The Bertz CT molecular complexity index is 1450. The number of para-hydroxylation sites is 1. The van der Waals surface area contributed by atoms with E-state index in [2.05, 4.69) is 16.9 Å². The lowest BCUT2D eigenvalue weighted by molar-refractivity contribution is -0.125. The number of benzene rings is 2. The van der Waals surface area contributed by atoms with Crippen LogP contribution in [0.2, 0.25) is 0 Å². The van der Waals surface area contributed by atoms with Gasteiger partial charge in [0.15, 0.2) is 6.61 Å². The van der Waals surface area contributed by atoms with Gasteiger partial charge >= 0.3 is 5.97 Å². The van der Waals surface area contributed by atoms with Gasteiger partial charge in [0.1, 0.15) is 0 Å². The van der Waals surface area contributed by atoms with Crippen LogP contribution in [0.1, 0.15) is 43.3 Å². The minimum absolute atomic E-state index is 0.398. The zero-order valence-corrected chi connectivity index (χ0v) is 19.4. The zero-order valence-electron chi connectivity index (χ0n) is 18.6. The summed E-state index contributed by atoms with van der Waals surface area (Å²) in [4.78, 5) is 43.4. The first-order valence-corrected chi connectivity index (χ1v) is 12.0. The third-order valence-corrected chi connectivity index (χ3v) is 6.51. The number of amides is 2. The number of aromatic nitrogens is 1. The molecule has 1 aliphatic rings. The topological polar surface area (TPSA) is 97.4 Å². The third kappa shape index (κ3) is 4.83. The van der Waals surface area contributed by atoms with Gasteiger partial charge in [-0.15, -0.1) is 11.3 Å². The number of thiophene rings is 1. The van der Waals surface area contributed by atoms with E-state index in [4.69, 9.17) is 9.72 Å². The fraction of sp³-hybridized carbons (Fsp3) is 0.111. The summed E-state index contributed by atoms with van der Waals surface area (Å²) in [7, 11) is 0. The number of pyridine rings is 1. The Kier molecular flexibility index (Phi) is 6.36. The molecule has 0 aliphatic heterocycles. The van der Waals surface area contributed by atoms with Crippen molar-refractivity contribution in [3.63, 3.8) is 0 Å². The van der Waals surface area contributed by atoms with Gasteiger partial charge in [-0.3, -0.25) is 20.4 Å². The van der Waals surface area contributed by atoms with Crippen LogP contribution in [-0.2, 0) is 16.0 Å². The molecular weight excluding hydrogens is 462 g/mol. The number of rotatable bonds is 5. The molecule has 2 heterocycles. The van der Waals surface area contributed by atoms with E-state index in [1.54, 1.807) is 41.7 Å². The van der Waals surface area contributed by atoms with Crippen molar-refractivity contribution in [2.45, 2.75) is 12.8 Å². The van der Waals surface area contributed by atoms with E-state index >= 15 is 0 Å². The Labute approximate surface area is 205 Å². The van der Waals surface area contributed by atoms with E-state index in [9.17, 15) is 14.4 Å². The summed E-state index contributed by atoms with van der Waals surface area (Å²) >= 11 is 1.64. The van der Waals surface area contributed by atoms with E-state index < -0.39 is 24.4 Å². The smallest absolute Gasteiger partial charge is 0.339 e. The number of allylic oxidation sites excluding steroid dienone is 1. The average Bonchev–Trinajstić information content (AvgIpc) is 3.55. The summed E-state index contributed by atoms with van der Waals surface area (Å²) in [6, 6.07) is 19.9. The number of nitrogens with zero attached hydrogens (tertiary/aromatic N) is 1. The van der Waals surface area contributed by atoms with Crippen LogP contribution in [0.15, 0.2) is 72.1 Å². The summed E-state index contributed by atoms with van der Waals surface area (Å²) in [5.41, 5.74) is 8.80. The number of fused-ring (bicyclic) bond motifs is 2. The molecule has 0 saturated carbocycles. The predicted molar refractivity (Wildman–Crippen MR) is 135 cm³/mol. The molecule has 8 heteroatoms. The lowest BCUT2D eigenvalue weighted by Gasteiger charge is -2.12.